The minimum absolute atomic E-state index is 0.169. The van der Waals surface area contributed by atoms with Gasteiger partial charge in [0.05, 0.1) is 0 Å². The number of hydrogen-bond acceptors (Lipinski definition) is 2. The number of nitrogens with zero attached hydrogens (tertiary/aromatic N) is 2. The standard InChI is InChI=1S/C17H29N2O2P/c1-5-18(6-2)17(20)14-13-15-11-9-10-12-16(15)22(21)19(7-3)8-4/h9-12,22H,5-8,13-14H2,1-4H3. The zero-order valence-corrected chi connectivity index (χ0v) is 15.3. The van der Waals surface area contributed by atoms with Crippen LogP contribution in [0.1, 0.15) is 39.7 Å². The number of aryl methyl sites for hydroxylation is 1. The van der Waals surface area contributed by atoms with Crippen LogP contribution in [-0.2, 0) is 15.8 Å². The molecule has 0 bridgehead atoms. The van der Waals surface area contributed by atoms with Crippen LogP contribution < -0.4 is 5.30 Å². The van der Waals surface area contributed by atoms with Gasteiger partial charge in [0, 0.05) is 37.9 Å². The third-order valence-electron chi connectivity index (χ3n) is 4.02. The van der Waals surface area contributed by atoms with Gasteiger partial charge in [-0.1, -0.05) is 38.1 Å². The fourth-order valence-corrected chi connectivity index (χ4v) is 4.24. The van der Waals surface area contributed by atoms with Gasteiger partial charge < -0.3 is 9.46 Å². The monoisotopic (exact) mass is 324 g/mol. The molecule has 1 unspecified atom stereocenters. The summed E-state index contributed by atoms with van der Waals surface area (Å²) in [4.78, 5) is 14.0. The van der Waals surface area contributed by atoms with E-state index in [4.69, 9.17) is 0 Å². The molecule has 0 heterocycles. The van der Waals surface area contributed by atoms with Gasteiger partial charge in [0.25, 0.3) is 0 Å². The summed E-state index contributed by atoms with van der Waals surface area (Å²) < 4.78 is 14.7. The molecule has 1 aromatic rings. The molecular formula is C17H29N2O2P. The van der Waals surface area contributed by atoms with Gasteiger partial charge in [-0.2, -0.15) is 0 Å². The van der Waals surface area contributed by atoms with Crippen molar-refractivity contribution in [2.45, 2.75) is 40.5 Å². The predicted octanol–water partition coefficient (Wildman–Crippen LogP) is 2.93. The van der Waals surface area contributed by atoms with Gasteiger partial charge in [-0.05, 0) is 25.8 Å². The molecule has 0 aromatic heterocycles. The largest absolute Gasteiger partial charge is 0.343 e. The lowest BCUT2D eigenvalue weighted by Gasteiger charge is -2.21. The van der Waals surface area contributed by atoms with Crippen molar-refractivity contribution in [3.05, 3.63) is 29.8 Å². The lowest BCUT2D eigenvalue weighted by atomic mass is 10.1. The molecule has 0 fully saturated rings. The van der Waals surface area contributed by atoms with Gasteiger partial charge >= 0.3 is 0 Å². The van der Waals surface area contributed by atoms with Crippen molar-refractivity contribution >= 4 is 19.2 Å². The predicted molar refractivity (Wildman–Crippen MR) is 94.2 cm³/mol. The van der Waals surface area contributed by atoms with Crippen LogP contribution in [0, 0.1) is 0 Å². The van der Waals surface area contributed by atoms with E-state index in [9.17, 15) is 9.36 Å². The highest BCUT2D eigenvalue weighted by atomic mass is 31.1. The normalized spacial score (nSPS) is 12.4. The van der Waals surface area contributed by atoms with Gasteiger partial charge in [-0.15, -0.1) is 0 Å². The van der Waals surface area contributed by atoms with Crippen molar-refractivity contribution in [2.75, 3.05) is 26.2 Å². The molecule has 1 atom stereocenters. The van der Waals surface area contributed by atoms with Crippen LogP contribution in [0.25, 0.3) is 0 Å². The molecule has 0 radical (unpaired) electrons. The number of benzene rings is 1. The Labute approximate surface area is 135 Å². The Hall–Kier alpha value is -1.12. The summed E-state index contributed by atoms with van der Waals surface area (Å²) in [5.74, 6) is 0.169. The number of hydrogen-bond donors (Lipinski definition) is 0. The quantitative estimate of drug-likeness (QED) is 0.656. The maximum absolute atomic E-state index is 12.7. The first-order valence-corrected chi connectivity index (χ1v) is 9.59. The number of amides is 1. The Morgan fingerprint density at radius 3 is 2.14 bits per heavy atom. The second-order valence-electron chi connectivity index (χ2n) is 5.20. The van der Waals surface area contributed by atoms with E-state index < -0.39 is 7.95 Å². The highest BCUT2D eigenvalue weighted by Gasteiger charge is 2.16. The summed E-state index contributed by atoms with van der Waals surface area (Å²) in [6, 6.07) is 7.82. The number of rotatable bonds is 9. The second kappa shape index (κ2) is 9.81. The fraction of sp³-hybridized carbons (Fsp3) is 0.588. The van der Waals surface area contributed by atoms with Crippen molar-refractivity contribution in [1.82, 2.24) is 9.57 Å². The van der Waals surface area contributed by atoms with E-state index in [0.29, 0.717) is 12.8 Å². The molecule has 0 aliphatic rings. The van der Waals surface area contributed by atoms with Crippen LogP contribution in [0.15, 0.2) is 24.3 Å². The molecule has 4 nitrogen and oxygen atoms in total. The van der Waals surface area contributed by atoms with E-state index in [1.165, 1.54) is 0 Å². The van der Waals surface area contributed by atoms with E-state index in [1.807, 2.05) is 61.5 Å². The first kappa shape index (κ1) is 18.9. The second-order valence-corrected chi connectivity index (χ2v) is 6.98. The van der Waals surface area contributed by atoms with Crippen LogP contribution in [0.2, 0.25) is 0 Å². The molecule has 0 saturated heterocycles. The summed E-state index contributed by atoms with van der Waals surface area (Å²) >= 11 is 0. The van der Waals surface area contributed by atoms with Crippen LogP contribution in [0.3, 0.4) is 0 Å². The Bertz CT molecular complexity index is 497. The summed E-state index contributed by atoms with van der Waals surface area (Å²) in [5.41, 5.74) is 1.04. The molecule has 0 aliphatic heterocycles. The summed E-state index contributed by atoms with van der Waals surface area (Å²) in [6.45, 7) is 11.1. The van der Waals surface area contributed by atoms with E-state index in [2.05, 4.69) is 0 Å². The zero-order chi connectivity index (χ0) is 16.5. The van der Waals surface area contributed by atoms with Gasteiger partial charge in [0.15, 0.2) is 7.95 Å². The molecule has 124 valence electrons. The van der Waals surface area contributed by atoms with Gasteiger partial charge in [0.2, 0.25) is 5.91 Å². The Morgan fingerprint density at radius 1 is 1.00 bits per heavy atom. The topological polar surface area (TPSA) is 40.6 Å². The molecule has 0 spiro atoms. The third-order valence-corrected chi connectivity index (χ3v) is 6.18. The molecule has 5 heteroatoms. The van der Waals surface area contributed by atoms with Crippen molar-refractivity contribution in [3.63, 3.8) is 0 Å². The number of carbonyl (C=O) groups excluding carboxylic acids is 1. The van der Waals surface area contributed by atoms with E-state index in [1.54, 1.807) is 0 Å². The highest BCUT2D eigenvalue weighted by molar-refractivity contribution is 7.51. The smallest absolute Gasteiger partial charge is 0.222 e. The first-order chi connectivity index (χ1) is 10.6. The summed E-state index contributed by atoms with van der Waals surface area (Å²) in [6.07, 6.45) is 1.13. The fourth-order valence-electron chi connectivity index (χ4n) is 2.60. The molecule has 1 aromatic carbocycles. The van der Waals surface area contributed by atoms with Gasteiger partial charge in [0.1, 0.15) is 0 Å². The maximum Gasteiger partial charge on any atom is 0.222 e. The zero-order valence-electron chi connectivity index (χ0n) is 14.3. The van der Waals surface area contributed by atoms with E-state index >= 15 is 0 Å². The average Bonchev–Trinajstić information content (AvgIpc) is 2.55. The molecule has 1 amide bonds. The Kier molecular flexibility index (Phi) is 8.44. The highest BCUT2D eigenvalue weighted by Crippen LogP contribution is 2.27. The minimum Gasteiger partial charge on any atom is -0.343 e. The lowest BCUT2D eigenvalue weighted by Crippen LogP contribution is -2.31. The lowest BCUT2D eigenvalue weighted by molar-refractivity contribution is -0.130. The van der Waals surface area contributed by atoms with Crippen LogP contribution in [0.5, 0.6) is 0 Å². The van der Waals surface area contributed by atoms with Crippen LogP contribution in [-0.4, -0.2) is 41.7 Å². The van der Waals surface area contributed by atoms with Crippen molar-refractivity contribution in [3.8, 4) is 0 Å². The average molecular weight is 324 g/mol. The Balaban J connectivity index is 2.84. The molecule has 0 aliphatic carbocycles. The molecule has 0 saturated carbocycles. The first-order valence-electron chi connectivity index (χ1n) is 8.23. The van der Waals surface area contributed by atoms with Gasteiger partial charge in [-0.3, -0.25) is 9.46 Å². The molecule has 0 N–H and O–H groups in total. The minimum atomic E-state index is -1.96. The molecule has 1 rings (SSSR count). The van der Waals surface area contributed by atoms with Crippen molar-refractivity contribution < 1.29 is 9.36 Å². The maximum atomic E-state index is 12.7. The van der Waals surface area contributed by atoms with E-state index in [0.717, 1.165) is 37.0 Å². The van der Waals surface area contributed by atoms with E-state index in [-0.39, 0.29) is 5.91 Å². The van der Waals surface area contributed by atoms with Crippen LogP contribution in [0.4, 0.5) is 0 Å². The number of carbonyl (C=O) groups is 1. The summed E-state index contributed by atoms with van der Waals surface area (Å²) in [5, 5.41) is 0.906. The van der Waals surface area contributed by atoms with Gasteiger partial charge in [-0.25, -0.2) is 0 Å². The molecule has 22 heavy (non-hydrogen) atoms. The SMILES string of the molecule is CCN(CC)C(=O)CCc1ccccc1[PH](=O)N(CC)CC. The third kappa shape index (κ3) is 4.96. The summed E-state index contributed by atoms with van der Waals surface area (Å²) in [7, 11) is -1.96. The van der Waals surface area contributed by atoms with Crippen molar-refractivity contribution in [2.24, 2.45) is 0 Å². The van der Waals surface area contributed by atoms with Crippen LogP contribution >= 0.6 is 7.95 Å². The van der Waals surface area contributed by atoms with Crippen molar-refractivity contribution in [1.29, 1.82) is 0 Å². The molecular weight excluding hydrogens is 295 g/mol. The Morgan fingerprint density at radius 2 is 1.59 bits per heavy atom.